The first-order valence-corrected chi connectivity index (χ1v) is 9.82. The van der Waals surface area contributed by atoms with Crippen LogP contribution in [0, 0.1) is 17.8 Å². The third kappa shape index (κ3) is 4.29. The predicted octanol–water partition coefficient (Wildman–Crippen LogP) is 1.83. The zero-order valence-electron chi connectivity index (χ0n) is 15.4. The lowest BCUT2D eigenvalue weighted by Gasteiger charge is -2.37. The molecule has 24 heavy (non-hydrogen) atoms. The Balaban J connectivity index is 1.43. The average Bonchev–Trinajstić information content (AvgIpc) is 3.08. The van der Waals surface area contributed by atoms with E-state index < -0.39 is 0 Å². The minimum Gasteiger partial charge on any atom is -0.342 e. The van der Waals surface area contributed by atoms with Crippen molar-refractivity contribution in [3.8, 4) is 0 Å². The molecule has 5 heteroatoms. The van der Waals surface area contributed by atoms with Crippen molar-refractivity contribution in [2.45, 2.75) is 46.0 Å². The van der Waals surface area contributed by atoms with Gasteiger partial charge in [0.2, 0.25) is 11.8 Å². The van der Waals surface area contributed by atoms with E-state index in [1.54, 1.807) is 0 Å². The minimum absolute atomic E-state index is 0.185. The third-order valence-corrected chi connectivity index (χ3v) is 5.93. The molecule has 0 aliphatic carbocycles. The third-order valence-electron chi connectivity index (χ3n) is 5.93. The van der Waals surface area contributed by atoms with Gasteiger partial charge in [0.15, 0.2) is 0 Å². The Hall–Kier alpha value is -1.10. The van der Waals surface area contributed by atoms with E-state index in [9.17, 15) is 9.59 Å². The van der Waals surface area contributed by atoms with Gasteiger partial charge < -0.3 is 9.80 Å². The Kier molecular flexibility index (Phi) is 5.80. The summed E-state index contributed by atoms with van der Waals surface area (Å²) in [6.07, 6.45) is 5.37. The molecule has 2 atom stereocenters. The monoisotopic (exact) mass is 335 g/mol. The van der Waals surface area contributed by atoms with E-state index >= 15 is 0 Å². The van der Waals surface area contributed by atoms with Gasteiger partial charge in [-0.2, -0.15) is 0 Å². The molecule has 3 heterocycles. The number of carbonyl (C=O) groups is 2. The molecule has 0 N–H and O–H groups in total. The Bertz CT molecular complexity index is 444. The van der Waals surface area contributed by atoms with Gasteiger partial charge in [-0.3, -0.25) is 14.5 Å². The number of piperidine rings is 2. The molecule has 3 fully saturated rings. The van der Waals surface area contributed by atoms with Crippen LogP contribution in [-0.4, -0.2) is 72.3 Å². The summed E-state index contributed by atoms with van der Waals surface area (Å²) < 4.78 is 0. The van der Waals surface area contributed by atoms with E-state index in [0.717, 1.165) is 65.0 Å². The first kappa shape index (κ1) is 17.7. The summed E-state index contributed by atoms with van der Waals surface area (Å²) in [5.41, 5.74) is 0. The molecule has 3 aliphatic heterocycles. The van der Waals surface area contributed by atoms with E-state index in [2.05, 4.69) is 23.6 Å². The highest BCUT2D eigenvalue weighted by molar-refractivity contribution is 5.80. The van der Waals surface area contributed by atoms with Crippen LogP contribution in [0.2, 0.25) is 0 Å². The Morgan fingerprint density at radius 1 is 0.875 bits per heavy atom. The van der Waals surface area contributed by atoms with Crippen LogP contribution in [0.1, 0.15) is 46.0 Å². The standard InChI is InChI=1S/C19H33N3O2/c1-15-11-16(2)13-22(12-15)18(23)14-20-9-5-17(6-10-20)19(24)21-7-3-4-8-21/h15-17H,3-14H2,1-2H3. The minimum atomic E-state index is 0.185. The van der Waals surface area contributed by atoms with E-state index in [-0.39, 0.29) is 11.8 Å². The second-order valence-electron chi connectivity index (χ2n) is 8.33. The SMILES string of the molecule is CC1CC(C)CN(C(=O)CN2CCC(C(=O)N3CCCC3)CC2)C1. The molecular weight excluding hydrogens is 302 g/mol. The van der Waals surface area contributed by atoms with Crippen molar-refractivity contribution in [2.75, 3.05) is 45.8 Å². The number of amides is 2. The summed E-state index contributed by atoms with van der Waals surface area (Å²) >= 11 is 0. The number of hydrogen-bond donors (Lipinski definition) is 0. The smallest absolute Gasteiger partial charge is 0.236 e. The molecule has 3 aliphatic rings. The molecule has 0 aromatic heterocycles. The molecule has 136 valence electrons. The van der Waals surface area contributed by atoms with E-state index in [4.69, 9.17) is 0 Å². The second kappa shape index (κ2) is 7.85. The van der Waals surface area contributed by atoms with Crippen molar-refractivity contribution in [1.82, 2.24) is 14.7 Å². The van der Waals surface area contributed by atoms with E-state index in [1.165, 1.54) is 6.42 Å². The van der Waals surface area contributed by atoms with Crippen LogP contribution in [0.5, 0.6) is 0 Å². The lowest BCUT2D eigenvalue weighted by atomic mass is 9.91. The highest BCUT2D eigenvalue weighted by Crippen LogP contribution is 2.23. The quantitative estimate of drug-likeness (QED) is 0.790. The molecule has 2 amide bonds. The number of rotatable bonds is 3. The Morgan fingerprint density at radius 3 is 2.04 bits per heavy atom. The van der Waals surface area contributed by atoms with Crippen molar-refractivity contribution in [1.29, 1.82) is 0 Å². The van der Waals surface area contributed by atoms with Crippen LogP contribution in [0.4, 0.5) is 0 Å². The number of likely N-dealkylation sites (tertiary alicyclic amines) is 3. The second-order valence-corrected chi connectivity index (χ2v) is 8.33. The van der Waals surface area contributed by atoms with Crippen LogP contribution in [0.15, 0.2) is 0 Å². The zero-order chi connectivity index (χ0) is 17.1. The van der Waals surface area contributed by atoms with Gasteiger partial charge in [0.25, 0.3) is 0 Å². The van der Waals surface area contributed by atoms with Gasteiger partial charge in [-0.25, -0.2) is 0 Å². The molecule has 0 saturated carbocycles. The van der Waals surface area contributed by atoms with E-state index in [0.29, 0.717) is 24.3 Å². The van der Waals surface area contributed by atoms with Crippen molar-refractivity contribution >= 4 is 11.8 Å². The maximum absolute atomic E-state index is 12.6. The summed E-state index contributed by atoms with van der Waals surface area (Å²) in [4.78, 5) is 31.4. The molecule has 0 bridgehead atoms. The van der Waals surface area contributed by atoms with Gasteiger partial charge in [0.05, 0.1) is 6.54 Å². The fraction of sp³-hybridized carbons (Fsp3) is 0.895. The number of carbonyl (C=O) groups excluding carboxylic acids is 2. The maximum Gasteiger partial charge on any atom is 0.236 e. The molecule has 0 aromatic rings. The summed E-state index contributed by atoms with van der Waals surface area (Å²) in [6, 6.07) is 0. The van der Waals surface area contributed by atoms with Crippen molar-refractivity contribution < 1.29 is 9.59 Å². The van der Waals surface area contributed by atoms with Gasteiger partial charge in [0, 0.05) is 32.1 Å². The summed E-state index contributed by atoms with van der Waals surface area (Å²) in [5, 5.41) is 0. The topological polar surface area (TPSA) is 43.9 Å². The summed E-state index contributed by atoms with van der Waals surface area (Å²) in [5.74, 6) is 2.04. The largest absolute Gasteiger partial charge is 0.342 e. The normalized spacial score (nSPS) is 29.9. The summed E-state index contributed by atoms with van der Waals surface area (Å²) in [6.45, 7) is 10.5. The zero-order valence-corrected chi connectivity index (χ0v) is 15.4. The van der Waals surface area contributed by atoms with Crippen LogP contribution in [0.25, 0.3) is 0 Å². The molecule has 0 aromatic carbocycles. The molecule has 0 radical (unpaired) electrons. The van der Waals surface area contributed by atoms with Crippen LogP contribution < -0.4 is 0 Å². The molecule has 3 saturated heterocycles. The highest BCUT2D eigenvalue weighted by Gasteiger charge is 2.31. The fourth-order valence-electron chi connectivity index (χ4n) is 4.69. The van der Waals surface area contributed by atoms with Gasteiger partial charge in [-0.15, -0.1) is 0 Å². The van der Waals surface area contributed by atoms with Crippen LogP contribution >= 0.6 is 0 Å². The van der Waals surface area contributed by atoms with Crippen molar-refractivity contribution in [2.24, 2.45) is 17.8 Å². The first-order valence-electron chi connectivity index (χ1n) is 9.82. The Morgan fingerprint density at radius 2 is 1.46 bits per heavy atom. The van der Waals surface area contributed by atoms with Crippen LogP contribution in [-0.2, 0) is 9.59 Å². The van der Waals surface area contributed by atoms with Gasteiger partial charge in [-0.1, -0.05) is 13.8 Å². The average molecular weight is 335 g/mol. The molecule has 2 unspecified atom stereocenters. The first-order chi connectivity index (χ1) is 11.5. The molecule has 5 nitrogen and oxygen atoms in total. The van der Waals surface area contributed by atoms with Gasteiger partial charge in [-0.05, 0) is 57.0 Å². The molecular formula is C19H33N3O2. The maximum atomic E-state index is 12.6. The lowest BCUT2D eigenvalue weighted by molar-refractivity contribution is -0.137. The molecule has 0 spiro atoms. The highest BCUT2D eigenvalue weighted by atomic mass is 16.2. The predicted molar refractivity (Wildman–Crippen MR) is 94.5 cm³/mol. The Labute approximate surface area is 146 Å². The van der Waals surface area contributed by atoms with E-state index in [1.807, 2.05) is 4.90 Å². The lowest BCUT2D eigenvalue weighted by Crippen LogP contribution is -2.49. The van der Waals surface area contributed by atoms with Gasteiger partial charge >= 0.3 is 0 Å². The number of nitrogens with zero attached hydrogens (tertiary/aromatic N) is 3. The molecule has 3 rings (SSSR count). The van der Waals surface area contributed by atoms with Crippen LogP contribution in [0.3, 0.4) is 0 Å². The van der Waals surface area contributed by atoms with Gasteiger partial charge in [0.1, 0.15) is 0 Å². The van der Waals surface area contributed by atoms with Crippen molar-refractivity contribution in [3.63, 3.8) is 0 Å². The summed E-state index contributed by atoms with van der Waals surface area (Å²) in [7, 11) is 0. The van der Waals surface area contributed by atoms with Crippen molar-refractivity contribution in [3.05, 3.63) is 0 Å². The fourth-order valence-corrected chi connectivity index (χ4v) is 4.69. The number of hydrogen-bond acceptors (Lipinski definition) is 3.